The quantitative estimate of drug-likeness (QED) is 0.0921. The van der Waals surface area contributed by atoms with E-state index in [-0.39, 0.29) is 52.4 Å². The lowest BCUT2D eigenvalue weighted by atomic mass is 10.1. The molecule has 306 valence electrons. The monoisotopic (exact) mass is 832 g/mol. The Bertz CT molecular complexity index is 2340. The second-order valence-electron chi connectivity index (χ2n) is 14.0. The third-order valence-corrected chi connectivity index (χ3v) is 6.71. The molecule has 0 amide bonds. The van der Waals surface area contributed by atoms with Crippen LogP contribution in [0.5, 0.6) is 0 Å². The van der Waals surface area contributed by atoms with Gasteiger partial charge in [-0.2, -0.15) is 51.9 Å². The van der Waals surface area contributed by atoms with Crippen molar-refractivity contribution in [3.63, 3.8) is 0 Å². The van der Waals surface area contributed by atoms with Crippen molar-refractivity contribution in [2.75, 3.05) is 21.7 Å². The van der Waals surface area contributed by atoms with Crippen LogP contribution in [-0.4, -0.2) is 60.9 Å². The lowest BCUT2D eigenvalue weighted by Crippen LogP contribution is -2.28. The average Bonchev–Trinajstić information content (AvgIpc) is 3.09. The van der Waals surface area contributed by atoms with Gasteiger partial charge in [0.1, 0.15) is 17.1 Å². The molecule has 6 rings (SSSR count). The number of anilines is 5. The SMILES string of the molecule is CC(C)(C)Nc1nc(N)nc(-c2nc(F)ccc2F)n1.CC(C)(C)Nc1nc(Nc2ccnc(C(F)(F)F)c2)nc(-c2nc(F)ccc2F)n1.Cc1cc(Cl)ccn1. The smallest absolute Gasteiger partial charge is 0.368 e. The highest BCUT2D eigenvalue weighted by Crippen LogP contribution is 2.30. The number of nitrogens with zero attached hydrogens (tertiary/aromatic N) is 10. The van der Waals surface area contributed by atoms with E-state index in [4.69, 9.17) is 17.3 Å². The van der Waals surface area contributed by atoms with Crippen LogP contribution >= 0.6 is 11.6 Å². The Morgan fingerprint density at radius 2 is 1.09 bits per heavy atom. The molecule has 0 unspecified atom stereocenters. The highest BCUT2D eigenvalue weighted by atomic mass is 35.5. The summed E-state index contributed by atoms with van der Waals surface area (Å²) in [5.41, 5.74) is 3.78. The number of aryl methyl sites for hydroxylation is 1. The number of pyridine rings is 4. The maximum absolute atomic E-state index is 14.2. The molecule has 0 saturated heterocycles. The maximum Gasteiger partial charge on any atom is 0.433 e. The molecule has 58 heavy (non-hydrogen) atoms. The van der Waals surface area contributed by atoms with E-state index in [2.05, 4.69) is 65.8 Å². The Kier molecular flexibility index (Phi) is 14.0. The van der Waals surface area contributed by atoms with Crippen LogP contribution in [0.1, 0.15) is 52.9 Å². The van der Waals surface area contributed by atoms with Crippen molar-refractivity contribution in [1.29, 1.82) is 0 Å². The van der Waals surface area contributed by atoms with E-state index >= 15 is 0 Å². The fraction of sp³-hybridized carbons (Fsp3) is 0.278. The van der Waals surface area contributed by atoms with Crippen molar-refractivity contribution in [2.24, 2.45) is 0 Å². The lowest BCUT2D eigenvalue weighted by molar-refractivity contribution is -0.141. The van der Waals surface area contributed by atoms with Crippen molar-refractivity contribution in [1.82, 2.24) is 49.8 Å². The number of rotatable bonds is 6. The normalized spacial score (nSPS) is 11.4. The zero-order valence-corrected chi connectivity index (χ0v) is 32.6. The van der Waals surface area contributed by atoms with Gasteiger partial charge in [0.25, 0.3) is 0 Å². The Labute approximate surface area is 332 Å². The molecule has 0 atom stereocenters. The largest absolute Gasteiger partial charge is 0.433 e. The first kappa shape index (κ1) is 44.3. The number of hydrogen-bond donors (Lipinski definition) is 4. The Hall–Kier alpha value is -6.38. The number of hydrogen-bond acceptors (Lipinski definition) is 14. The maximum atomic E-state index is 14.2. The topological polar surface area (TPSA) is 191 Å². The highest BCUT2D eigenvalue weighted by Gasteiger charge is 2.32. The van der Waals surface area contributed by atoms with Gasteiger partial charge in [-0.15, -0.1) is 0 Å². The first-order chi connectivity index (χ1) is 26.9. The van der Waals surface area contributed by atoms with Gasteiger partial charge in [-0.25, -0.2) is 18.7 Å². The van der Waals surface area contributed by atoms with Gasteiger partial charge in [-0.1, -0.05) is 11.6 Å². The fourth-order valence-corrected chi connectivity index (χ4v) is 4.49. The molecule has 5 N–H and O–H groups in total. The molecule has 0 bridgehead atoms. The zero-order valence-electron chi connectivity index (χ0n) is 31.8. The molecule has 0 aromatic carbocycles. The summed E-state index contributed by atoms with van der Waals surface area (Å²) in [5, 5.41) is 9.28. The Morgan fingerprint density at radius 3 is 1.57 bits per heavy atom. The molecule has 6 aromatic heterocycles. The molecular weight excluding hydrogens is 797 g/mol. The molecule has 22 heteroatoms. The number of nitrogens with two attached hydrogens (primary N) is 1. The Morgan fingerprint density at radius 1 is 0.586 bits per heavy atom. The zero-order chi connectivity index (χ0) is 43.0. The molecule has 0 saturated carbocycles. The van der Waals surface area contributed by atoms with Crippen LogP contribution in [0.2, 0.25) is 5.02 Å². The molecule has 0 radical (unpaired) electrons. The van der Waals surface area contributed by atoms with Crippen LogP contribution in [0, 0.1) is 30.5 Å². The summed E-state index contributed by atoms with van der Waals surface area (Å²) in [5.74, 6) is -3.96. The molecule has 0 aliphatic heterocycles. The van der Waals surface area contributed by atoms with Gasteiger partial charge in [0.05, 0.1) is 0 Å². The number of nitrogen functional groups attached to an aromatic ring is 1. The van der Waals surface area contributed by atoms with Crippen molar-refractivity contribution in [2.45, 2.75) is 65.7 Å². The van der Waals surface area contributed by atoms with E-state index in [9.17, 15) is 30.7 Å². The standard InChI is InChI=1S/C18H16F5N7.C12H14F2N6.C6H6ClN/c1-17(2,3)30-16-28-14(13-10(19)4-5-12(20)26-13)27-15(29-16)25-9-6-7-24-11(8-9)18(21,22)23;1-12(2,3)20-11-18-9(17-10(15)19-11)8-6(13)4-5-7(14)16-8;1-5-4-6(7)2-3-8-5/h4-8H,1-3H3,(H2,24,25,27,28,29,30);4-5H,1-3H3,(H3,15,17,18,19,20);2-4H,1H3. The van der Waals surface area contributed by atoms with Crippen molar-refractivity contribution in [3.8, 4) is 23.0 Å². The molecule has 0 aliphatic rings. The van der Waals surface area contributed by atoms with Gasteiger partial charge >= 0.3 is 6.18 Å². The average molecular weight is 833 g/mol. The minimum atomic E-state index is -4.64. The predicted molar refractivity (Wildman–Crippen MR) is 204 cm³/mol. The minimum Gasteiger partial charge on any atom is -0.368 e. The van der Waals surface area contributed by atoms with Gasteiger partial charge < -0.3 is 21.7 Å². The van der Waals surface area contributed by atoms with Gasteiger partial charge in [0.2, 0.25) is 35.7 Å². The van der Waals surface area contributed by atoms with Crippen LogP contribution < -0.4 is 21.7 Å². The second-order valence-corrected chi connectivity index (χ2v) is 14.4. The van der Waals surface area contributed by atoms with E-state index < -0.39 is 46.6 Å². The summed E-state index contributed by atoms with van der Waals surface area (Å²) >= 11 is 5.60. The summed E-state index contributed by atoms with van der Waals surface area (Å²) in [6, 6.07) is 9.19. The number of alkyl halides is 3. The third-order valence-electron chi connectivity index (χ3n) is 6.47. The Balaban J connectivity index is 0.000000226. The van der Waals surface area contributed by atoms with Crippen LogP contribution in [0.15, 0.2) is 60.9 Å². The summed E-state index contributed by atoms with van der Waals surface area (Å²) in [7, 11) is 0. The molecule has 0 fully saturated rings. The number of halogens is 8. The number of aromatic nitrogens is 10. The van der Waals surface area contributed by atoms with Gasteiger partial charge in [-0.3, -0.25) is 9.97 Å². The molecule has 14 nitrogen and oxygen atoms in total. The van der Waals surface area contributed by atoms with Crippen molar-refractivity contribution < 1.29 is 30.7 Å². The minimum absolute atomic E-state index is 0.00874. The first-order valence-electron chi connectivity index (χ1n) is 16.8. The second kappa shape index (κ2) is 18.3. The van der Waals surface area contributed by atoms with Crippen molar-refractivity contribution >= 4 is 41.1 Å². The third kappa shape index (κ3) is 14.0. The fourth-order valence-electron chi connectivity index (χ4n) is 4.27. The predicted octanol–water partition coefficient (Wildman–Crippen LogP) is 8.63. The van der Waals surface area contributed by atoms with E-state index in [1.165, 1.54) is 6.07 Å². The molecule has 0 aliphatic carbocycles. The lowest BCUT2D eigenvalue weighted by Gasteiger charge is -2.21. The van der Waals surface area contributed by atoms with Crippen molar-refractivity contribution in [3.05, 3.63) is 101 Å². The molecule has 6 aromatic rings. The van der Waals surface area contributed by atoms with Gasteiger partial charge in [0, 0.05) is 39.9 Å². The molecular formula is C36H36ClF7N14. The summed E-state index contributed by atoms with van der Waals surface area (Å²) in [4.78, 5) is 38.0. The van der Waals surface area contributed by atoms with E-state index in [0.717, 1.165) is 47.2 Å². The van der Waals surface area contributed by atoms with Crippen LogP contribution in [0.4, 0.5) is 60.2 Å². The first-order valence-corrected chi connectivity index (χ1v) is 17.2. The molecule has 0 spiro atoms. The molecule has 6 heterocycles. The summed E-state index contributed by atoms with van der Waals surface area (Å²) < 4.78 is 93.1. The number of nitrogens with one attached hydrogen (secondary N) is 3. The van der Waals surface area contributed by atoms with Gasteiger partial charge in [-0.05, 0) is 97.0 Å². The van der Waals surface area contributed by atoms with Crippen LogP contribution in [0.3, 0.4) is 0 Å². The van der Waals surface area contributed by atoms with E-state index in [1.807, 2.05) is 54.5 Å². The summed E-state index contributed by atoms with van der Waals surface area (Å²) in [6.07, 6.45) is -1.98. The van der Waals surface area contributed by atoms with Crippen LogP contribution in [0.25, 0.3) is 23.0 Å². The van der Waals surface area contributed by atoms with E-state index in [0.29, 0.717) is 0 Å². The summed E-state index contributed by atoms with van der Waals surface area (Å²) in [6.45, 7) is 13.0. The highest BCUT2D eigenvalue weighted by molar-refractivity contribution is 6.30. The van der Waals surface area contributed by atoms with Gasteiger partial charge in [0.15, 0.2) is 23.3 Å². The van der Waals surface area contributed by atoms with E-state index in [1.54, 1.807) is 12.3 Å². The van der Waals surface area contributed by atoms with Crippen LogP contribution in [-0.2, 0) is 6.18 Å².